The quantitative estimate of drug-likeness (QED) is 0.806. The van der Waals surface area contributed by atoms with Gasteiger partial charge in [0, 0.05) is 31.2 Å². The highest BCUT2D eigenvalue weighted by Gasteiger charge is 2.36. The van der Waals surface area contributed by atoms with Crippen LogP contribution in [0.3, 0.4) is 0 Å². The number of nitrogens with zero attached hydrogens (tertiary/aromatic N) is 2. The minimum atomic E-state index is 0.480. The van der Waals surface area contributed by atoms with E-state index in [0.717, 1.165) is 12.1 Å². The van der Waals surface area contributed by atoms with Gasteiger partial charge in [0.25, 0.3) is 0 Å². The SMILES string of the molecule is NC1CC2CCCC(C1)N2CCN1CCCC1. The maximum absolute atomic E-state index is 6.17. The lowest BCUT2D eigenvalue weighted by Crippen LogP contribution is -2.56. The van der Waals surface area contributed by atoms with Gasteiger partial charge in [-0.15, -0.1) is 0 Å². The maximum atomic E-state index is 6.17. The van der Waals surface area contributed by atoms with Crippen molar-refractivity contribution in [2.45, 2.75) is 63.1 Å². The summed E-state index contributed by atoms with van der Waals surface area (Å²) < 4.78 is 0. The zero-order valence-corrected chi connectivity index (χ0v) is 11.0. The highest BCUT2D eigenvalue weighted by Crippen LogP contribution is 2.33. The van der Waals surface area contributed by atoms with Crippen LogP contribution in [0.2, 0.25) is 0 Å². The van der Waals surface area contributed by atoms with Crippen LogP contribution in [0.25, 0.3) is 0 Å². The van der Waals surface area contributed by atoms with Crippen LogP contribution in [-0.4, -0.2) is 54.1 Å². The van der Waals surface area contributed by atoms with Crippen molar-refractivity contribution in [3.63, 3.8) is 0 Å². The van der Waals surface area contributed by atoms with E-state index >= 15 is 0 Å². The number of piperidine rings is 2. The van der Waals surface area contributed by atoms with Crippen LogP contribution in [-0.2, 0) is 0 Å². The van der Waals surface area contributed by atoms with Crippen LogP contribution in [0.5, 0.6) is 0 Å². The highest BCUT2D eigenvalue weighted by molar-refractivity contribution is 4.94. The molecule has 3 aliphatic heterocycles. The van der Waals surface area contributed by atoms with Crippen molar-refractivity contribution >= 4 is 0 Å². The fourth-order valence-electron chi connectivity index (χ4n) is 4.15. The molecule has 3 heteroatoms. The molecule has 98 valence electrons. The molecule has 0 aliphatic carbocycles. The van der Waals surface area contributed by atoms with Crippen LogP contribution in [0.1, 0.15) is 44.9 Å². The maximum Gasteiger partial charge on any atom is 0.0115 e. The molecule has 0 aromatic heterocycles. The molecule has 0 radical (unpaired) electrons. The van der Waals surface area contributed by atoms with Crippen molar-refractivity contribution in [1.29, 1.82) is 0 Å². The Kier molecular flexibility index (Phi) is 3.69. The molecule has 3 heterocycles. The third kappa shape index (κ3) is 2.67. The second kappa shape index (κ2) is 5.25. The molecule has 2 atom stereocenters. The molecule has 2 bridgehead atoms. The van der Waals surface area contributed by atoms with Gasteiger partial charge < -0.3 is 10.6 Å². The van der Waals surface area contributed by atoms with E-state index < -0.39 is 0 Å². The van der Waals surface area contributed by atoms with Gasteiger partial charge >= 0.3 is 0 Å². The van der Waals surface area contributed by atoms with Crippen LogP contribution in [0.4, 0.5) is 0 Å². The number of fused-ring (bicyclic) bond motifs is 2. The Morgan fingerprint density at radius 2 is 1.53 bits per heavy atom. The van der Waals surface area contributed by atoms with Crippen molar-refractivity contribution in [1.82, 2.24) is 9.80 Å². The summed E-state index contributed by atoms with van der Waals surface area (Å²) in [5.74, 6) is 0. The van der Waals surface area contributed by atoms with E-state index in [1.165, 1.54) is 71.1 Å². The Balaban J connectivity index is 1.54. The first-order valence-electron chi connectivity index (χ1n) is 7.56. The first-order valence-corrected chi connectivity index (χ1v) is 7.56. The van der Waals surface area contributed by atoms with E-state index in [9.17, 15) is 0 Å². The first-order chi connectivity index (χ1) is 8.33. The van der Waals surface area contributed by atoms with Crippen LogP contribution < -0.4 is 5.73 Å². The lowest BCUT2D eigenvalue weighted by atomic mass is 9.82. The second-order valence-electron chi connectivity index (χ2n) is 6.26. The molecule has 3 fully saturated rings. The minimum absolute atomic E-state index is 0.480. The van der Waals surface area contributed by atoms with E-state index in [0.29, 0.717) is 6.04 Å². The van der Waals surface area contributed by atoms with E-state index in [2.05, 4.69) is 9.80 Å². The molecule has 3 aliphatic rings. The van der Waals surface area contributed by atoms with Gasteiger partial charge in [0.05, 0.1) is 0 Å². The normalized spacial score (nSPS) is 39.7. The van der Waals surface area contributed by atoms with Gasteiger partial charge in [0.1, 0.15) is 0 Å². The minimum Gasteiger partial charge on any atom is -0.328 e. The molecular formula is C14H27N3. The second-order valence-corrected chi connectivity index (χ2v) is 6.26. The summed E-state index contributed by atoms with van der Waals surface area (Å²) in [6, 6.07) is 2.09. The summed E-state index contributed by atoms with van der Waals surface area (Å²) in [5.41, 5.74) is 6.17. The molecule has 0 saturated carbocycles. The number of likely N-dealkylation sites (tertiary alicyclic amines) is 1. The number of hydrogen-bond acceptors (Lipinski definition) is 3. The van der Waals surface area contributed by atoms with Gasteiger partial charge in [-0.3, -0.25) is 4.90 Å². The molecule has 3 saturated heterocycles. The first kappa shape index (κ1) is 11.9. The van der Waals surface area contributed by atoms with Gasteiger partial charge in [0.15, 0.2) is 0 Å². The predicted molar refractivity (Wildman–Crippen MR) is 71.0 cm³/mol. The molecule has 3 rings (SSSR count). The third-order valence-electron chi connectivity index (χ3n) is 5.04. The molecular weight excluding hydrogens is 210 g/mol. The lowest BCUT2D eigenvalue weighted by molar-refractivity contribution is 0.0254. The Bertz CT molecular complexity index is 236. The number of rotatable bonds is 3. The van der Waals surface area contributed by atoms with Crippen molar-refractivity contribution in [3.8, 4) is 0 Å². The van der Waals surface area contributed by atoms with E-state index in [1.54, 1.807) is 0 Å². The van der Waals surface area contributed by atoms with Crippen molar-refractivity contribution in [2.24, 2.45) is 5.73 Å². The average molecular weight is 237 g/mol. The summed E-state index contributed by atoms with van der Waals surface area (Å²) in [5, 5.41) is 0. The smallest absolute Gasteiger partial charge is 0.0115 e. The standard InChI is InChI=1S/C14H27N3/c15-12-10-13-4-3-5-14(11-12)17(13)9-8-16-6-1-2-7-16/h12-14H,1-11,15H2. The summed E-state index contributed by atoms with van der Waals surface area (Å²) in [7, 11) is 0. The van der Waals surface area contributed by atoms with Gasteiger partial charge in [-0.05, 0) is 51.6 Å². The third-order valence-corrected chi connectivity index (χ3v) is 5.04. The Labute approximate surface area is 105 Å². The largest absolute Gasteiger partial charge is 0.328 e. The molecule has 17 heavy (non-hydrogen) atoms. The molecule has 0 aromatic carbocycles. The topological polar surface area (TPSA) is 32.5 Å². The molecule has 3 nitrogen and oxygen atoms in total. The lowest BCUT2D eigenvalue weighted by Gasteiger charge is -2.48. The van der Waals surface area contributed by atoms with Crippen molar-refractivity contribution in [2.75, 3.05) is 26.2 Å². The molecule has 0 spiro atoms. The molecule has 2 unspecified atom stereocenters. The van der Waals surface area contributed by atoms with Crippen molar-refractivity contribution in [3.05, 3.63) is 0 Å². The number of hydrogen-bond donors (Lipinski definition) is 1. The fourth-order valence-corrected chi connectivity index (χ4v) is 4.15. The molecule has 0 amide bonds. The Morgan fingerprint density at radius 3 is 2.18 bits per heavy atom. The monoisotopic (exact) mass is 237 g/mol. The summed E-state index contributed by atoms with van der Waals surface area (Å²) >= 11 is 0. The van der Waals surface area contributed by atoms with Crippen LogP contribution in [0.15, 0.2) is 0 Å². The summed E-state index contributed by atoms with van der Waals surface area (Å²) in [6.07, 6.45) is 9.54. The van der Waals surface area contributed by atoms with Gasteiger partial charge in [0.2, 0.25) is 0 Å². The summed E-state index contributed by atoms with van der Waals surface area (Å²) in [6.45, 7) is 5.26. The molecule has 0 aromatic rings. The zero-order chi connectivity index (χ0) is 11.7. The Hall–Kier alpha value is -0.120. The number of nitrogens with two attached hydrogens (primary N) is 1. The van der Waals surface area contributed by atoms with Crippen LogP contribution in [0, 0.1) is 0 Å². The van der Waals surface area contributed by atoms with Gasteiger partial charge in [-0.2, -0.15) is 0 Å². The van der Waals surface area contributed by atoms with Crippen LogP contribution >= 0.6 is 0 Å². The molecule has 2 N–H and O–H groups in total. The van der Waals surface area contributed by atoms with Gasteiger partial charge in [-0.1, -0.05) is 6.42 Å². The average Bonchev–Trinajstić information content (AvgIpc) is 2.79. The van der Waals surface area contributed by atoms with Gasteiger partial charge in [-0.25, -0.2) is 0 Å². The van der Waals surface area contributed by atoms with E-state index in [-0.39, 0.29) is 0 Å². The van der Waals surface area contributed by atoms with E-state index in [4.69, 9.17) is 5.73 Å². The zero-order valence-electron chi connectivity index (χ0n) is 11.0. The van der Waals surface area contributed by atoms with E-state index in [1.807, 2.05) is 0 Å². The van der Waals surface area contributed by atoms with Crippen molar-refractivity contribution < 1.29 is 0 Å². The summed E-state index contributed by atoms with van der Waals surface area (Å²) in [4.78, 5) is 5.44. The predicted octanol–water partition coefficient (Wildman–Crippen LogP) is 1.43. The fraction of sp³-hybridized carbons (Fsp3) is 1.00. The Morgan fingerprint density at radius 1 is 0.882 bits per heavy atom. The highest BCUT2D eigenvalue weighted by atomic mass is 15.2.